The Morgan fingerprint density at radius 1 is 1.29 bits per heavy atom. The zero-order valence-corrected chi connectivity index (χ0v) is 12.7. The summed E-state index contributed by atoms with van der Waals surface area (Å²) in [7, 11) is 0. The second-order valence-corrected chi connectivity index (χ2v) is 5.24. The van der Waals surface area contributed by atoms with E-state index in [1.807, 2.05) is 13.0 Å². The molecule has 0 unspecified atom stereocenters. The predicted molar refractivity (Wildman–Crippen MR) is 86.4 cm³/mol. The van der Waals surface area contributed by atoms with E-state index >= 15 is 0 Å². The molecule has 0 aromatic heterocycles. The van der Waals surface area contributed by atoms with Crippen molar-refractivity contribution in [3.05, 3.63) is 63.9 Å². The summed E-state index contributed by atoms with van der Waals surface area (Å²) in [5.74, 6) is -1.18. The van der Waals surface area contributed by atoms with Crippen molar-refractivity contribution in [2.24, 2.45) is 5.73 Å². The third-order valence-corrected chi connectivity index (χ3v) is 3.55. The summed E-state index contributed by atoms with van der Waals surface area (Å²) in [6.07, 6.45) is 0. The SMILES string of the molecule is Cc1cccc(NC(=O)c2cccc(F)c2Cl)c1C(N)=S. The van der Waals surface area contributed by atoms with Gasteiger partial charge in [0.05, 0.1) is 16.3 Å². The number of anilines is 1. The molecule has 0 aliphatic rings. The highest BCUT2D eigenvalue weighted by atomic mass is 35.5. The zero-order chi connectivity index (χ0) is 15.6. The average Bonchev–Trinajstić information content (AvgIpc) is 2.41. The highest BCUT2D eigenvalue weighted by Crippen LogP contribution is 2.23. The summed E-state index contributed by atoms with van der Waals surface area (Å²) in [4.78, 5) is 12.4. The minimum Gasteiger partial charge on any atom is -0.389 e. The summed E-state index contributed by atoms with van der Waals surface area (Å²) < 4.78 is 13.4. The first-order valence-corrected chi connectivity index (χ1v) is 6.85. The highest BCUT2D eigenvalue weighted by Gasteiger charge is 2.16. The first-order valence-electron chi connectivity index (χ1n) is 6.06. The molecule has 3 N–H and O–H groups in total. The minimum atomic E-state index is -0.650. The van der Waals surface area contributed by atoms with Crippen molar-refractivity contribution >= 4 is 40.4 Å². The summed E-state index contributed by atoms with van der Waals surface area (Å²) in [5.41, 5.74) is 7.61. The van der Waals surface area contributed by atoms with Crippen molar-refractivity contribution in [2.75, 3.05) is 5.32 Å². The Morgan fingerprint density at radius 3 is 2.62 bits per heavy atom. The molecule has 2 aromatic rings. The third-order valence-electron chi connectivity index (χ3n) is 2.96. The molecule has 0 aliphatic heterocycles. The van der Waals surface area contributed by atoms with Crippen molar-refractivity contribution in [3.8, 4) is 0 Å². The molecule has 2 rings (SSSR count). The van der Waals surface area contributed by atoms with Gasteiger partial charge in [-0.1, -0.05) is 42.0 Å². The van der Waals surface area contributed by atoms with Crippen LogP contribution in [0.3, 0.4) is 0 Å². The van der Waals surface area contributed by atoms with Crippen LogP contribution >= 0.6 is 23.8 Å². The first kappa shape index (κ1) is 15.4. The Bertz CT molecular complexity index is 734. The molecule has 0 saturated heterocycles. The lowest BCUT2D eigenvalue weighted by Gasteiger charge is -2.13. The van der Waals surface area contributed by atoms with Gasteiger partial charge in [0.25, 0.3) is 5.91 Å². The molecule has 3 nitrogen and oxygen atoms in total. The van der Waals surface area contributed by atoms with Crippen LogP contribution in [0, 0.1) is 12.7 Å². The van der Waals surface area contributed by atoms with Crippen molar-refractivity contribution < 1.29 is 9.18 Å². The van der Waals surface area contributed by atoms with Gasteiger partial charge in [-0.15, -0.1) is 0 Å². The number of nitrogens with one attached hydrogen (secondary N) is 1. The maximum absolute atomic E-state index is 13.4. The maximum Gasteiger partial charge on any atom is 0.257 e. The van der Waals surface area contributed by atoms with Gasteiger partial charge >= 0.3 is 0 Å². The lowest BCUT2D eigenvalue weighted by molar-refractivity contribution is 0.102. The van der Waals surface area contributed by atoms with Crippen LogP contribution in [-0.2, 0) is 0 Å². The number of carbonyl (C=O) groups excluding carboxylic acids is 1. The van der Waals surface area contributed by atoms with Crippen LogP contribution in [0.15, 0.2) is 36.4 Å². The minimum absolute atomic E-state index is 0.0482. The van der Waals surface area contributed by atoms with Crippen LogP contribution < -0.4 is 11.1 Å². The number of rotatable bonds is 3. The van der Waals surface area contributed by atoms with Gasteiger partial charge in [0.15, 0.2) is 0 Å². The first-order chi connectivity index (χ1) is 9.91. The summed E-state index contributed by atoms with van der Waals surface area (Å²) >= 11 is 10.8. The van der Waals surface area contributed by atoms with Crippen LogP contribution in [0.2, 0.25) is 5.02 Å². The van der Waals surface area contributed by atoms with Gasteiger partial charge in [-0.2, -0.15) is 0 Å². The van der Waals surface area contributed by atoms with Gasteiger partial charge in [0.2, 0.25) is 0 Å². The fourth-order valence-electron chi connectivity index (χ4n) is 1.97. The molecule has 0 heterocycles. The van der Waals surface area contributed by atoms with E-state index < -0.39 is 11.7 Å². The fraction of sp³-hybridized carbons (Fsp3) is 0.0667. The molecule has 2 aromatic carbocycles. The average molecular weight is 323 g/mol. The second-order valence-electron chi connectivity index (χ2n) is 4.42. The standard InChI is InChI=1S/C15H12ClFN2OS/c1-8-4-2-7-11(12(8)14(18)21)19-15(20)9-5-3-6-10(17)13(9)16/h2-7H,1H3,(H2,18,21)(H,19,20). The molecule has 0 spiro atoms. The molecular formula is C15H12ClFN2OS. The third kappa shape index (κ3) is 3.20. The van der Waals surface area contributed by atoms with E-state index in [0.29, 0.717) is 11.3 Å². The number of aryl methyl sites for hydroxylation is 1. The number of halogens is 2. The van der Waals surface area contributed by atoms with E-state index in [0.717, 1.165) is 5.56 Å². The van der Waals surface area contributed by atoms with Gasteiger partial charge in [0, 0.05) is 5.56 Å². The normalized spacial score (nSPS) is 10.2. The molecule has 0 radical (unpaired) electrons. The molecule has 0 fully saturated rings. The van der Waals surface area contributed by atoms with E-state index in [4.69, 9.17) is 29.6 Å². The van der Waals surface area contributed by atoms with Crippen molar-refractivity contribution in [2.45, 2.75) is 6.92 Å². The highest BCUT2D eigenvalue weighted by molar-refractivity contribution is 7.80. The molecule has 0 aliphatic carbocycles. The zero-order valence-electron chi connectivity index (χ0n) is 11.1. The second kappa shape index (κ2) is 6.20. The quantitative estimate of drug-likeness (QED) is 0.848. The molecule has 1 amide bonds. The Hall–Kier alpha value is -1.98. The number of carbonyl (C=O) groups is 1. The summed E-state index contributed by atoms with van der Waals surface area (Å²) in [5, 5.41) is 2.44. The predicted octanol–water partition coefficient (Wildman–Crippen LogP) is 3.67. The summed E-state index contributed by atoms with van der Waals surface area (Å²) in [6.45, 7) is 1.83. The molecule has 6 heteroatoms. The lowest BCUT2D eigenvalue weighted by atomic mass is 10.1. The Labute approximate surface area is 131 Å². The smallest absolute Gasteiger partial charge is 0.257 e. The van der Waals surface area contributed by atoms with E-state index in [-0.39, 0.29) is 15.6 Å². The van der Waals surface area contributed by atoms with Gasteiger partial charge in [-0.3, -0.25) is 4.79 Å². The molecule has 108 valence electrons. The van der Waals surface area contributed by atoms with Crippen LogP contribution in [0.25, 0.3) is 0 Å². The maximum atomic E-state index is 13.4. The van der Waals surface area contributed by atoms with Gasteiger partial charge in [-0.25, -0.2) is 4.39 Å². The number of hydrogen-bond acceptors (Lipinski definition) is 2. The number of benzene rings is 2. The molecule has 0 saturated carbocycles. The Kier molecular flexibility index (Phi) is 4.55. The molecule has 0 bridgehead atoms. The summed E-state index contributed by atoms with van der Waals surface area (Å²) in [6, 6.07) is 9.32. The fourth-order valence-corrected chi connectivity index (χ4v) is 2.45. The van der Waals surface area contributed by atoms with Crippen LogP contribution in [-0.4, -0.2) is 10.9 Å². The number of amides is 1. The number of nitrogens with two attached hydrogens (primary N) is 1. The van der Waals surface area contributed by atoms with Gasteiger partial charge in [0.1, 0.15) is 10.8 Å². The van der Waals surface area contributed by atoms with Crippen LogP contribution in [0.1, 0.15) is 21.5 Å². The van der Waals surface area contributed by atoms with E-state index in [9.17, 15) is 9.18 Å². The van der Waals surface area contributed by atoms with Gasteiger partial charge < -0.3 is 11.1 Å². The molecule has 21 heavy (non-hydrogen) atoms. The number of thiocarbonyl (C=S) groups is 1. The Morgan fingerprint density at radius 2 is 1.95 bits per heavy atom. The van der Waals surface area contributed by atoms with Crippen molar-refractivity contribution in [3.63, 3.8) is 0 Å². The topological polar surface area (TPSA) is 55.1 Å². The molecular weight excluding hydrogens is 311 g/mol. The van der Waals surface area contributed by atoms with Crippen molar-refractivity contribution in [1.82, 2.24) is 0 Å². The van der Waals surface area contributed by atoms with Crippen molar-refractivity contribution in [1.29, 1.82) is 0 Å². The number of hydrogen-bond donors (Lipinski definition) is 2. The van der Waals surface area contributed by atoms with Gasteiger partial charge in [-0.05, 0) is 30.7 Å². The van der Waals surface area contributed by atoms with E-state index in [1.54, 1.807) is 12.1 Å². The largest absolute Gasteiger partial charge is 0.389 e. The lowest BCUT2D eigenvalue weighted by Crippen LogP contribution is -2.19. The monoisotopic (exact) mass is 322 g/mol. The van der Waals surface area contributed by atoms with E-state index in [2.05, 4.69) is 5.32 Å². The molecule has 0 atom stereocenters. The van der Waals surface area contributed by atoms with Crippen LogP contribution in [0.4, 0.5) is 10.1 Å². The Balaban J connectivity index is 2.39. The van der Waals surface area contributed by atoms with E-state index in [1.165, 1.54) is 18.2 Å². The van der Waals surface area contributed by atoms with Crippen LogP contribution in [0.5, 0.6) is 0 Å².